The van der Waals surface area contributed by atoms with Crippen molar-refractivity contribution in [2.75, 3.05) is 11.1 Å². The zero-order chi connectivity index (χ0) is 17.6. The van der Waals surface area contributed by atoms with Crippen LogP contribution in [0.25, 0.3) is 22.5 Å². The Morgan fingerprint density at radius 2 is 2.12 bits per heavy atom. The molecule has 4 rings (SSSR count). The Morgan fingerprint density at radius 1 is 1.28 bits per heavy atom. The number of fused-ring (bicyclic) bond motifs is 1. The van der Waals surface area contributed by atoms with Crippen molar-refractivity contribution in [3.05, 3.63) is 41.4 Å². The van der Waals surface area contributed by atoms with E-state index in [1.54, 1.807) is 24.3 Å². The molecule has 10 heteroatoms. The van der Waals surface area contributed by atoms with Crippen molar-refractivity contribution >= 4 is 53.3 Å². The van der Waals surface area contributed by atoms with E-state index >= 15 is 4.39 Å². The molecule has 0 amide bonds. The minimum Gasteiger partial charge on any atom is -0.403 e. The number of aromatic amines is 1. The zero-order valence-corrected chi connectivity index (χ0v) is 13.3. The van der Waals surface area contributed by atoms with E-state index in [0.717, 1.165) is 0 Å². The fraction of sp³-hybridized carbons (Fsp3) is 0. The van der Waals surface area contributed by atoms with E-state index in [1.165, 1.54) is 6.33 Å². The summed E-state index contributed by atoms with van der Waals surface area (Å²) in [5.41, 5.74) is 7.45. The van der Waals surface area contributed by atoms with Crippen LogP contribution in [0.2, 0.25) is 5.02 Å². The molecule has 0 aliphatic rings. The topological polar surface area (TPSA) is 106 Å². The van der Waals surface area contributed by atoms with Crippen LogP contribution in [0.3, 0.4) is 0 Å². The standard InChI is InChI=1S/C15H9BClFN6O/c16-6-1-2-9(8(17)3-6)22-12-7(14-23-24-15(19)25-14)4-10-13(11(12)18)21-5-20-10/h1-5,22H,(H2,19,24)(H,20,21). The van der Waals surface area contributed by atoms with Gasteiger partial charge in [0.1, 0.15) is 13.4 Å². The molecule has 4 N–H and O–H groups in total. The maximum Gasteiger partial charge on any atom is 0.313 e. The Hall–Kier alpha value is -3.07. The smallest absolute Gasteiger partial charge is 0.313 e. The van der Waals surface area contributed by atoms with Crippen molar-refractivity contribution < 1.29 is 8.81 Å². The molecule has 0 fully saturated rings. The van der Waals surface area contributed by atoms with Crippen LogP contribution in [0.5, 0.6) is 0 Å². The molecule has 122 valence electrons. The molecule has 25 heavy (non-hydrogen) atoms. The number of hydrogen-bond donors (Lipinski definition) is 3. The highest BCUT2D eigenvalue weighted by Gasteiger charge is 2.21. The maximum atomic E-state index is 15.0. The van der Waals surface area contributed by atoms with Crippen LogP contribution in [0.15, 0.2) is 35.0 Å². The van der Waals surface area contributed by atoms with Gasteiger partial charge in [0.05, 0.1) is 33.8 Å². The van der Waals surface area contributed by atoms with Gasteiger partial charge in [0, 0.05) is 0 Å². The summed E-state index contributed by atoms with van der Waals surface area (Å²) >= 11 is 6.17. The number of nitrogens with two attached hydrogens (primary N) is 1. The van der Waals surface area contributed by atoms with Gasteiger partial charge in [-0.05, 0) is 18.2 Å². The van der Waals surface area contributed by atoms with Crippen molar-refractivity contribution in [2.24, 2.45) is 0 Å². The van der Waals surface area contributed by atoms with Crippen molar-refractivity contribution in [1.82, 2.24) is 20.2 Å². The third-order valence-electron chi connectivity index (χ3n) is 3.58. The number of benzene rings is 2. The first-order valence-electron chi connectivity index (χ1n) is 7.10. The number of halogens is 2. The number of rotatable bonds is 3. The number of hydrogen-bond acceptors (Lipinski definition) is 6. The van der Waals surface area contributed by atoms with Crippen molar-refractivity contribution in [1.29, 1.82) is 0 Å². The number of anilines is 3. The highest BCUT2D eigenvalue weighted by molar-refractivity contribution is 6.37. The van der Waals surface area contributed by atoms with Crippen LogP contribution in [0.1, 0.15) is 0 Å². The number of imidazole rings is 1. The molecule has 0 atom stereocenters. The summed E-state index contributed by atoms with van der Waals surface area (Å²) in [5.74, 6) is -0.541. The Balaban J connectivity index is 1.92. The largest absolute Gasteiger partial charge is 0.403 e. The maximum absolute atomic E-state index is 15.0. The molecule has 0 spiro atoms. The summed E-state index contributed by atoms with van der Waals surface area (Å²) in [6.45, 7) is 0. The molecule has 0 saturated carbocycles. The first kappa shape index (κ1) is 15.5. The van der Waals surface area contributed by atoms with Crippen molar-refractivity contribution in [3.8, 4) is 11.5 Å². The molecule has 0 aliphatic carbocycles. The highest BCUT2D eigenvalue weighted by Crippen LogP contribution is 2.37. The molecular formula is C15H9BClFN6O. The second-order valence-corrected chi connectivity index (χ2v) is 5.63. The van der Waals surface area contributed by atoms with Crippen LogP contribution in [0, 0.1) is 5.82 Å². The Bertz CT molecular complexity index is 1100. The Labute approximate surface area is 146 Å². The summed E-state index contributed by atoms with van der Waals surface area (Å²) in [6.07, 6.45) is 1.39. The predicted molar refractivity (Wildman–Crippen MR) is 93.9 cm³/mol. The van der Waals surface area contributed by atoms with Gasteiger partial charge < -0.3 is 20.5 Å². The van der Waals surface area contributed by atoms with Gasteiger partial charge in [-0.2, -0.15) is 0 Å². The van der Waals surface area contributed by atoms with Crippen LogP contribution < -0.4 is 16.5 Å². The van der Waals surface area contributed by atoms with Gasteiger partial charge in [-0.1, -0.05) is 28.2 Å². The Kier molecular flexibility index (Phi) is 3.58. The number of H-pyrrole nitrogens is 1. The van der Waals surface area contributed by atoms with Crippen LogP contribution >= 0.6 is 11.6 Å². The quantitative estimate of drug-likeness (QED) is 0.488. The average Bonchev–Trinajstić information content (AvgIpc) is 3.20. The summed E-state index contributed by atoms with van der Waals surface area (Å²) in [7, 11) is 5.69. The van der Waals surface area contributed by atoms with Crippen molar-refractivity contribution in [3.63, 3.8) is 0 Å². The minimum atomic E-state index is -0.599. The lowest BCUT2D eigenvalue weighted by Gasteiger charge is -2.13. The second-order valence-electron chi connectivity index (χ2n) is 5.22. The van der Waals surface area contributed by atoms with E-state index in [9.17, 15) is 0 Å². The molecule has 2 heterocycles. The van der Waals surface area contributed by atoms with Crippen LogP contribution in [0.4, 0.5) is 21.8 Å². The molecule has 0 aliphatic heterocycles. The average molecular weight is 355 g/mol. The number of aromatic nitrogens is 4. The van der Waals surface area contributed by atoms with Gasteiger partial charge in [-0.3, -0.25) is 0 Å². The van der Waals surface area contributed by atoms with Crippen LogP contribution in [-0.2, 0) is 0 Å². The van der Waals surface area contributed by atoms with E-state index in [-0.39, 0.29) is 23.1 Å². The molecule has 4 aromatic rings. The van der Waals surface area contributed by atoms with E-state index in [4.69, 9.17) is 29.6 Å². The molecule has 0 bridgehead atoms. The molecule has 2 radical (unpaired) electrons. The SMILES string of the molecule is [B]c1ccc(Nc2c(-c3nnc(N)o3)cc3[nH]cnc3c2F)c(Cl)c1. The highest BCUT2D eigenvalue weighted by atomic mass is 35.5. The van der Waals surface area contributed by atoms with Gasteiger partial charge >= 0.3 is 6.01 Å². The van der Waals surface area contributed by atoms with Gasteiger partial charge in [-0.25, -0.2) is 9.37 Å². The first-order chi connectivity index (χ1) is 12.0. The van der Waals surface area contributed by atoms with Gasteiger partial charge in [-0.15, -0.1) is 5.10 Å². The number of nitrogen functional groups attached to an aromatic ring is 1. The minimum absolute atomic E-state index is 0.0574. The zero-order valence-electron chi connectivity index (χ0n) is 12.5. The fourth-order valence-corrected chi connectivity index (χ4v) is 2.68. The molecule has 7 nitrogen and oxygen atoms in total. The van der Waals surface area contributed by atoms with E-state index in [2.05, 4.69) is 25.5 Å². The lowest BCUT2D eigenvalue weighted by molar-refractivity contribution is 0.589. The van der Waals surface area contributed by atoms with E-state index < -0.39 is 5.82 Å². The molecule has 0 unspecified atom stereocenters. The van der Waals surface area contributed by atoms with Crippen LogP contribution in [-0.4, -0.2) is 28.0 Å². The van der Waals surface area contributed by atoms with E-state index in [0.29, 0.717) is 27.3 Å². The Morgan fingerprint density at radius 3 is 2.84 bits per heavy atom. The third kappa shape index (κ3) is 2.68. The normalized spacial score (nSPS) is 11.1. The van der Waals surface area contributed by atoms with Gasteiger partial charge in [0.25, 0.3) is 5.89 Å². The number of nitrogens with zero attached hydrogens (tertiary/aromatic N) is 3. The summed E-state index contributed by atoms with van der Waals surface area (Å²) in [4.78, 5) is 6.83. The summed E-state index contributed by atoms with van der Waals surface area (Å²) < 4.78 is 20.3. The molecular weight excluding hydrogens is 345 g/mol. The monoisotopic (exact) mass is 354 g/mol. The summed E-state index contributed by atoms with van der Waals surface area (Å²) in [6, 6.07) is 6.34. The van der Waals surface area contributed by atoms with Gasteiger partial charge in [0.2, 0.25) is 0 Å². The third-order valence-corrected chi connectivity index (χ3v) is 3.89. The van der Waals surface area contributed by atoms with E-state index in [1.807, 2.05) is 0 Å². The summed E-state index contributed by atoms with van der Waals surface area (Å²) in [5, 5.41) is 10.7. The lowest BCUT2D eigenvalue weighted by Crippen LogP contribution is -2.04. The second kappa shape index (κ2) is 5.78. The first-order valence-corrected chi connectivity index (χ1v) is 7.47. The van der Waals surface area contributed by atoms with Crippen molar-refractivity contribution in [2.45, 2.75) is 0 Å². The predicted octanol–water partition coefficient (Wildman–Crippen LogP) is 2.53. The lowest BCUT2D eigenvalue weighted by atomic mass is 9.96. The molecule has 2 aromatic heterocycles. The molecule has 0 saturated heterocycles. The molecule has 2 aromatic carbocycles. The number of nitrogens with one attached hydrogen (secondary N) is 2. The fourth-order valence-electron chi connectivity index (χ4n) is 2.44. The van der Waals surface area contributed by atoms with Gasteiger partial charge in [0.15, 0.2) is 5.82 Å².